The van der Waals surface area contributed by atoms with Crippen LogP contribution in [0.15, 0.2) is 24.3 Å². The van der Waals surface area contributed by atoms with Crippen LogP contribution in [0.3, 0.4) is 0 Å². The second-order valence-corrected chi connectivity index (χ2v) is 2.59. The Morgan fingerprint density at radius 3 is 2.67 bits per heavy atom. The molecule has 0 saturated carbocycles. The molecule has 0 rings (SSSR count). The van der Waals surface area contributed by atoms with Crippen molar-refractivity contribution in [1.29, 1.82) is 0 Å². The number of carboxylic acids is 1. The maximum absolute atomic E-state index is 10.0. The molecular formula is C10H16O2. The van der Waals surface area contributed by atoms with Crippen molar-refractivity contribution in [3.05, 3.63) is 24.3 Å². The van der Waals surface area contributed by atoms with Gasteiger partial charge in [0.15, 0.2) is 0 Å². The molecule has 0 atom stereocenters. The van der Waals surface area contributed by atoms with Crippen LogP contribution in [-0.2, 0) is 4.79 Å². The van der Waals surface area contributed by atoms with Crippen molar-refractivity contribution in [2.24, 2.45) is 0 Å². The summed E-state index contributed by atoms with van der Waals surface area (Å²) >= 11 is 0. The molecule has 0 unspecified atom stereocenters. The van der Waals surface area contributed by atoms with E-state index in [-0.39, 0.29) is 0 Å². The fourth-order valence-corrected chi connectivity index (χ4v) is 0.783. The van der Waals surface area contributed by atoms with Crippen LogP contribution in [0.5, 0.6) is 0 Å². The van der Waals surface area contributed by atoms with E-state index < -0.39 is 5.97 Å². The molecule has 0 amide bonds. The average molecular weight is 168 g/mol. The van der Waals surface area contributed by atoms with Crippen molar-refractivity contribution in [2.45, 2.75) is 32.6 Å². The highest BCUT2D eigenvalue weighted by Gasteiger charge is 1.82. The predicted molar refractivity (Wildman–Crippen MR) is 50.1 cm³/mol. The smallest absolute Gasteiger partial charge is 0.327 e. The van der Waals surface area contributed by atoms with Crippen molar-refractivity contribution >= 4 is 5.97 Å². The first-order valence-electron chi connectivity index (χ1n) is 4.31. The van der Waals surface area contributed by atoms with Gasteiger partial charge in [0.25, 0.3) is 0 Å². The van der Waals surface area contributed by atoms with E-state index in [0.29, 0.717) is 0 Å². The molecule has 12 heavy (non-hydrogen) atoms. The van der Waals surface area contributed by atoms with E-state index in [0.717, 1.165) is 12.8 Å². The molecule has 0 radical (unpaired) electrons. The number of allylic oxidation sites excluding steroid dienone is 3. The number of hydrogen-bond acceptors (Lipinski definition) is 1. The second-order valence-electron chi connectivity index (χ2n) is 2.59. The molecule has 0 spiro atoms. The molecule has 0 bridgehead atoms. The van der Waals surface area contributed by atoms with Gasteiger partial charge in [-0.05, 0) is 12.8 Å². The molecule has 0 aliphatic carbocycles. The highest BCUT2D eigenvalue weighted by Crippen LogP contribution is 1.96. The monoisotopic (exact) mass is 168 g/mol. The topological polar surface area (TPSA) is 37.3 Å². The summed E-state index contributed by atoms with van der Waals surface area (Å²) < 4.78 is 0. The standard InChI is InChI=1S/C10H16O2/c1-2-3-4-5-6-7-8-9-10(11)12/h5-6,8-9H,2-4,7H2,1H3,(H,11,12)/b6-5+,9-8+. The van der Waals surface area contributed by atoms with Gasteiger partial charge in [0.05, 0.1) is 0 Å². The minimum atomic E-state index is -0.878. The first-order chi connectivity index (χ1) is 5.77. The summed E-state index contributed by atoms with van der Waals surface area (Å²) in [7, 11) is 0. The minimum Gasteiger partial charge on any atom is -0.478 e. The van der Waals surface area contributed by atoms with Gasteiger partial charge in [-0.3, -0.25) is 0 Å². The first kappa shape index (κ1) is 11.0. The third-order valence-electron chi connectivity index (χ3n) is 1.42. The summed E-state index contributed by atoms with van der Waals surface area (Å²) in [4.78, 5) is 10.0. The second kappa shape index (κ2) is 8.05. The number of carbonyl (C=O) groups is 1. The zero-order valence-corrected chi connectivity index (χ0v) is 7.49. The molecule has 2 nitrogen and oxygen atoms in total. The first-order valence-corrected chi connectivity index (χ1v) is 4.31. The van der Waals surface area contributed by atoms with Crippen LogP contribution in [0.2, 0.25) is 0 Å². The van der Waals surface area contributed by atoms with Gasteiger partial charge in [-0.25, -0.2) is 4.79 Å². The van der Waals surface area contributed by atoms with Crippen LogP contribution in [0.25, 0.3) is 0 Å². The Bertz CT molecular complexity index is 169. The highest BCUT2D eigenvalue weighted by atomic mass is 16.4. The lowest BCUT2D eigenvalue weighted by Crippen LogP contribution is -1.84. The van der Waals surface area contributed by atoms with Crippen molar-refractivity contribution in [3.63, 3.8) is 0 Å². The van der Waals surface area contributed by atoms with Crippen molar-refractivity contribution in [2.75, 3.05) is 0 Å². The van der Waals surface area contributed by atoms with Gasteiger partial charge in [-0.2, -0.15) is 0 Å². The number of carboxylic acid groups (broad SMARTS) is 1. The summed E-state index contributed by atoms with van der Waals surface area (Å²) in [5.74, 6) is -0.878. The van der Waals surface area contributed by atoms with Crippen LogP contribution in [0, 0.1) is 0 Å². The fourth-order valence-electron chi connectivity index (χ4n) is 0.783. The van der Waals surface area contributed by atoms with Crippen molar-refractivity contribution in [3.8, 4) is 0 Å². The van der Waals surface area contributed by atoms with Gasteiger partial charge in [0.1, 0.15) is 0 Å². The molecule has 68 valence electrons. The van der Waals surface area contributed by atoms with Crippen molar-refractivity contribution in [1.82, 2.24) is 0 Å². The van der Waals surface area contributed by atoms with Crippen LogP contribution in [0.4, 0.5) is 0 Å². The summed E-state index contributed by atoms with van der Waals surface area (Å²) in [5.41, 5.74) is 0. The van der Waals surface area contributed by atoms with Crippen LogP contribution < -0.4 is 0 Å². The quantitative estimate of drug-likeness (QED) is 0.376. The van der Waals surface area contributed by atoms with E-state index in [9.17, 15) is 4.79 Å². The molecule has 0 aromatic heterocycles. The maximum atomic E-state index is 10.0. The molecule has 0 aliphatic rings. The van der Waals surface area contributed by atoms with E-state index in [2.05, 4.69) is 13.0 Å². The lowest BCUT2D eigenvalue weighted by Gasteiger charge is -1.86. The number of hydrogen-bond donors (Lipinski definition) is 1. The molecule has 0 fully saturated rings. The molecule has 1 N–H and O–H groups in total. The van der Waals surface area contributed by atoms with E-state index >= 15 is 0 Å². The molecule has 0 heterocycles. The van der Waals surface area contributed by atoms with E-state index in [1.165, 1.54) is 18.9 Å². The zero-order valence-electron chi connectivity index (χ0n) is 7.49. The van der Waals surface area contributed by atoms with Crippen molar-refractivity contribution < 1.29 is 9.90 Å². The van der Waals surface area contributed by atoms with Gasteiger partial charge in [-0.15, -0.1) is 0 Å². The summed E-state index contributed by atoms with van der Waals surface area (Å²) in [6, 6.07) is 0. The molecule has 0 aliphatic heterocycles. The molecule has 0 aromatic carbocycles. The molecule has 0 aromatic rings. The SMILES string of the molecule is CCCC/C=C/C/C=C/C(=O)O. The molecular weight excluding hydrogens is 152 g/mol. The third kappa shape index (κ3) is 8.95. The summed E-state index contributed by atoms with van der Waals surface area (Å²) in [5, 5.41) is 8.24. The highest BCUT2D eigenvalue weighted by molar-refractivity contribution is 5.79. The van der Waals surface area contributed by atoms with Gasteiger partial charge in [-0.1, -0.05) is 38.0 Å². The summed E-state index contributed by atoms with van der Waals surface area (Å²) in [6.07, 6.45) is 11.1. The Morgan fingerprint density at radius 1 is 1.33 bits per heavy atom. The number of unbranched alkanes of at least 4 members (excludes halogenated alkanes) is 2. The Morgan fingerprint density at radius 2 is 2.08 bits per heavy atom. The maximum Gasteiger partial charge on any atom is 0.327 e. The Kier molecular flexibility index (Phi) is 7.35. The van der Waals surface area contributed by atoms with Gasteiger partial charge in [0.2, 0.25) is 0 Å². The van der Waals surface area contributed by atoms with Gasteiger partial charge in [0, 0.05) is 6.08 Å². The largest absolute Gasteiger partial charge is 0.478 e. The van der Waals surface area contributed by atoms with Crippen LogP contribution in [-0.4, -0.2) is 11.1 Å². The van der Waals surface area contributed by atoms with E-state index in [4.69, 9.17) is 5.11 Å². The molecule has 0 saturated heterocycles. The Hall–Kier alpha value is -1.05. The summed E-state index contributed by atoms with van der Waals surface area (Å²) in [6.45, 7) is 2.15. The lowest BCUT2D eigenvalue weighted by atomic mass is 10.2. The molecule has 2 heteroatoms. The number of aliphatic carboxylic acids is 1. The van der Waals surface area contributed by atoms with Crippen LogP contribution in [0.1, 0.15) is 32.6 Å². The normalized spacial score (nSPS) is 11.4. The van der Waals surface area contributed by atoms with Gasteiger partial charge >= 0.3 is 5.97 Å². The van der Waals surface area contributed by atoms with E-state index in [1.807, 2.05) is 6.08 Å². The predicted octanol–water partition coefficient (Wildman–Crippen LogP) is 2.76. The average Bonchev–Trinajstić information content (AvgIpc) is 2.02. The Balaban J connectivity index is 3.29. The van der Waals surface area contributed by atoms with E-state index in [1.54, 1.807) is 6.08 Å². The lowest BCUT2D eigenvalue weighted by molar-refractivity contribution is -0.131. The van der Waals surface area contributed by atoms with Gasteiger partial charge < -0.3 is 5.11 Å². The van der Waals surface area contributed by atoms with Crippen LogP contribution >= 0.6 is 0 Å². The third-order valence-corrected chi connectivity index (χ3v) is 1.42. The minimum absolute atomic E-state index is 0.718. The number of rotatable bonds is 6. The fraction of sp³-hybridized carbons (Fsp3) is 0.500. The zero-order chi connectivity index (χ0) is 9.23. The Labute approximate surface area is 73.6 Å².